The lowest BCUT2D eigenvalue weighted by molar-refractivity contribution is -0.124. The van der Waals surface area contributed by atoms with Crippen molar-refractivity contribution in [3.05, 3.63) is 45.8 Å². The Hall–Kier alpha value is -2.68. The zero-order chi connectivity index (χ0) is 18.9. The Labute approximate surface area is 149 Å². The van der Waals surface area contributed by atoms with Gasteiger partial charge in [0.25, 0.3) is 5.91 Å². The van der Waals surface area contributed by atoms with Gasteiger partial charge in [-0.2, -0.15) is 0 Å². The summed E-state index contributed by atoms with van der Waals surface area (Å²) in [5.41, 5.74) is 0.740. The quantitative estimate of drug-likeness (QED) is 0.771. The minimum atomic E-state index is -3.12. The standard InChI is InChI=1S/C17H17NO7S/c1-10-2-3-14-12(6-10)13(19)7-15(25-14)17(21)24-8-16(20)18-11-4-5-26(22,23)9-11/h2-3,6-7,11H,4-5,8-9H2,1H3,(H,18,20)/t11-/m0/s1. The van der Waals surface area contributed by atoms with E-state index in [0.717, 1.165) is 11.6 Å². The third-order valence-electron chi connectivity index (χ3n) is 4.02. The number of amides is 1. The van der Waals surface area contributed by atoms with Crippen LogP contribution < -0.4 is 10.7 Å². The van der Waals surface area contributed by atoms with Crippen molar-refractivity contribution < 1.29 is 27.2 Å². The number of aryl methyl sites for hydroxylation is 1. The summed E-state index contributed by atoms with van der Waals surface area (Å²) >= 11 is 0. The molecule has 1 aromatic carbocycles. The summed E-state index contributed by atoms with van der Waals surface area (Å²) in [6, 6.07) is 5.51. The molecule has 1 amide bonds. The second kappa shape index (κ2) is 6.91. The molecule has 0 unspecified atom stereocenters. The van der Waals surface area contributed by atoms with E-state index in [2.05, 4.69) is 5.32 Å². The SMILES string of the molecule is Cc1ccc2oc(C(=O)OCC(=O)N[C@H]3CCS(=O)(=O)C3)cc(=O)c2c1. The molecule has 1 aliphatic rings. The molecule has 9 heteroatoms. The molecule has 0 bridgehead atoms. The Bertz CT molecular complexity index is 1040. The van der Waals surface area contributed by atoms with Gasteiger partial charge in [0.15, 0.2) is 21.9 Å². The van der Waals surface area contributed by atoms with Crippen molar-refractivity contribution in [2.75, 3.05) is 18.1 Å². The fraction of sp³-hybridized carbons (Fsp3) is 0.353. The van der Waals surface area contributed by atoms with E-state index in [1.807, 2.05) is 6.92 Å². The van der Waals surface area contributed by atoms with Crippen molar-refractivity contribution in [3.63, 3.8) is 0 Å². The van der Waals surface area contributed by atoms with E-state index >= 15 is 0 Å². The summed E-state index contributed by atoms with van der Waals surface area (Å²) in [6.07, 6.45) is 0.334. The van der Waals surface area contributed by atoms with E-state index in [-0.39, 0.29) is 28.3 Å². The number of nitrogens with one attached hydrogen (secondary N) is 1. The van der Waals surface area contributed by atoms with Gasteiger partial charge in [-0.05, 0) is 25.5 Å². The molecule has 8 nitrogen and oxygen atoms in total. The molecule has 1 saturated heterocycles. The number of hydrogen-bond acceptors (Lipinski definition) is 7. The highest BCUT2D eigenvalue weighted by Gasteiger charge is 2.29. The van der Waals surface area contributed by atoms with Gasteiger partial charge in [-0.1, -0.05) is 11.6 Å². The van der Waals surface area contributed by atoms with E-state index in [9.17, 15) is 22.8 Å². The maximum absolute atomic E-state index is 12.1. The number of carbonyl (C=O) groups excluding carboxylic acids is 2. The molecule has 1 atom stereocenters. The number of rotatable bonds is 4. The van der Waals surface area contributed by atoms with Crippen molar-refractivity contribution >= 4 is 32.7 Å². The summed E-state index contributed by atoms with van der Waals surface area (Å²) in [6.45, 7) is 1.24. The van der Waals surface area contributed by atoms with Gasteiger partial charge in [-0.3, -0.25) is 9.59 Å². The number of benzene rings is 1. The Kier molecular flexibility index (Phi) is 4.82. The topological polar surface area (TPSA) is 120 Å². The minimum absolute atomic E-state index is 0.0272. The van der Waals surface area contributed by atoms with Gasteiger partial charge >= 0.3 is 5.97 Å². The summed E-state index contributed by atoms with van der Waals surface area (Å²) in [5, 5.41) is 2.85. The van der Waals surface area contributed by atoms with Gasteiger partial charge in [0.1, 0.15) is 5.58 Å². The Balaban J connectivity index is 1.63. The van der Waals surface area contributed by atoms with Crippen LogP contribution in [0.2, 0.25) is 0 Å². The predicted molar refractivity (Wildman–Crippen MR) is 92.7 cm³/mol. The number of hydrogen-bond donors (Lipinski definition) is 1. The van der Waals surface area contributed by atoms with Gasteiger partial charge in [-0.25, -0.2) is 13.2 Å². The highest BCUT2D eigenvalue weighted by molar-refractivity contribution is 7.91. The molecular formula is C17H17NO7S. The Morgan fingerprint density at radius 1 is 1.31 bits per heavy atom. The van der Waals surface area contributed by atoms with Crippen molar-refractivity contribution in [1.82, 2.24) is 5.32 Å². The van der Waals surface area contributed by atoms with Crippen LogP contribution in [0.25, 0.3) is 11.0 Å². The number of fused-ring (bicyclic) bond motifs is 1. The average Bonchev–Trinajstić information content (AvgIpc) is 2.91. The number of sulfone groups is 1. The van der Waals surface area contributed by atoms with Crippen molar-refractivity contribution in [2.24, 2.45) is 0 Å². The normalized spacial score (nSPS) is 18.6. The lowest BCUT2D eigenvalue weighted by atomic mass is 10.1. The van der Waals surface area contributed by atoms with Crippen LogP contribution in [0.1, 0.15) is 22.5 Å². The maximum Gasteiger partial charge on any atom is 0.374 e. The van der Waals surface area contributed by atoms with Crippen LogP contribution in [-0.2, 0) is 19.4 Å². The highest BCUT2D eigenvalue weighted by Crippen LogP contribution is 2.15. The molecule has 0 spiro atoms. The first-order valence-electron chi connectivity index (χ1n) is 7.95. The van der Waals surface area contributed by atoms with Crippen LogP contribution in [0, 0.1) is 6.92 Å². The monoisotopic (exact) mass is 379 g/mol. The van der Waals surface area contributed by atoms with Gasteiger partial charge in [-0.15, -0.1) is 0 Å². The number of ether oxygens (including phenoxy) is 1. The van der Waals surface area contributed by atoms with Gasteiger partial charge in [0.05, 0.1) is 16.9 Å². The van der Waals surface area contributed by atoms with Crippen molar-refractivity contribution in [3.8, 4) is 0 Å². The molecule has 26 heavy (non-hydrogen) atoms. The summed E-state index contributed by atoms with van der Waals surface area (Å²) in [4.78, 5) is 35.9. The fourth-order valence-corrected chi connectivity index (χ4v) is 4.42. The van der Waals surface area contributed by atoms with Gasteiger partial charge in [0.2, 0.25) is 5.76 Å². The van der Waals surface area contributed by atoms with E-state index in [4.69, 9.17) is 9.15 Å². The first-order valence-corrected chi connectivity index (χ1v) is 9.77. The summed E-state index contributed by atoms with van der Waals surface area (Å²) in [7, 11) is -3.12. The van der Waals surface area contributed by atoms with Crippen LogP contribution >= 0.6 is 0 Å². The lowest BCUT2D eigenvalue weighted by Crippen LogP contribution is -2.38. The zero-order valence-electron chi connectivity index (χ0n) is 14.0. The molecule has 2 aromatic rings. The van der Waals surface area contributed by atoms with Gasteiger partial charge < -0.3 is 14.5 Å². The Morgan fingerprint density at radius 3 is 2.77 bits per heavy atom. The molecule has 0 saturated carbocycles. The second-order valence-corrected chi connectivity index (χ2v) is 8.45. The van der Waals surface area contributed by atoms with Crippen LogP contribution in [0.4, 0.5) is 0 Å². The van der Waals surface area contributed by atoms with Crippen LogP contribution in [0.5, 0.6) is 0 Å². The third-order valence-corrected chi connectivity index (χ3v) is 5.78. The molecule has 1 N–H and O–H groups in total. The average molecular weight is 379 g/mol. The van der Waals surface area contributed by atoms with Crippen molar-refractivity contribution in [2.45, 2.75) is 19.4 Å². The van der Waals surface area contributed by atoms with Crippen LogP contribution in [0.3, 0.4) is 0 Å². The largest absolute Gasteiger partial charge is 0.450 e. The summed E-state index contributed by atoms with van der Waals surface area (Å²) < 4.78 is 32.9. The third kappa shape index (κ3) is 4.10. The fourth-order valence-electron chi connectivity index (χ4n) is 2.75. The molecule has 1 aromatic heterocycles. The second-order valence-electron chi connectivity index (χ2n) is 6.22. The number of carbonyl (C=O) groups is 2. The minimum Gasteiger partial charge on any atom is -0.450 e. The maximum atomic E-state index is 12.1. The van der Waals surface area contributed by atoms with E-state index < -0.39 is 34.4 Å². The van der Waals surface area contributed by atoms with Crippen LogP contribution in [-0.4, -0.2) is 44.4 Å². The Morgan fingerprint density at radius 2 is 2.08 bits per heavy atom. The molecule has 0 radical (unpaired) electrons. The van der Waals surface area contributed by atoms with E-state index in [1.54, 1.807) is 18.2 Å². The van der Waals surface area contributed by atoms with Crippen LogP contribution in [0.15, 0.2) is 33.5 Å². The first kappa shape index (κ1) is 18.1. The molecule has 138 valence electrons. The molecule has 0 aliphatic carbocycles. The highest BCUT2D eigenvalue weighted by atomic mass is 32.2. The molecule has 1 aliphatic heterocycles. The molecule has 3 rings (SSSR count). The summed E-state index contributed by atoms with van der Waals surface area (Å²) in [5.74, 6) is -1.95. The van der Waals surface area contributed by atoms with E-state index in [1.165, 1.54) is 0 Å². The molecule has 1 fully saturated rings. The van der Waals surface area contributed by atoms with E-state index in [0.29, 0.717) is 11.8 Å². The number of esters is 1. The molecular weight excluding hydrogens is 362 g/mol. The molecule has 2 heterocycles. The smallest absolute Gasteiger partial charge is 0.374 e. The van der Waals surface area contributed by atoms with Crippen molar-refractivity contribution in [1.29, 1.82) is 0 Å². The predicted octanol–water partition coefficient (Wildman–Crippen LogP) is 0.562. The van der Waals surface area contributed by atoms with Gasteiger partial charge in [0, 0.05) is 12.1 Å². The zero-order valence-corrected chi connectivity index (χ0v) is 14.8. The lowest BCUT2D eigenvalue weighted by Gasteiger charge is -2.10. The first-order chi connectivity index (χ1) is 12.2.